The van der Waals surface area contributed by atoms with E-state index in [-0.39, 0.29) is 23.6 Å². The Bertz CT molecular complexity index is 902. The van der Waals surface area contributed by atoms with Gasteiger partial charge in [0, 0.05) is 0 Å². The van der Waals surface area contributed by atoms with E-state index in [0.717, 1.165) is 35.1 Å². The number of fused-ring (bicyclic) bond motifs is 1. The Morgan fingerprint density at radius 2 is 1.83 bits per heavy atom. The highest BCUT2D eigenvalue weighted by Gasteiger charge is 2.27. The van der Waals surface area contributed by atoms with E-state index in [1.807, 2.05) is 32.0 Å². The van der Waals surface area contributed by atoms with E-state index in [0.29, 0.717) is 6.42 Å². The number of hydrogen-bond donors (Lipinski definition) is 4. The van der Waals surface area contributed by atoms with E-state index in [9.17, 15) is 14.7 Å². The van der Waals surface area contributed by atoms with Gasteiger partial charge in [-0.15, -0.1) is 0 Å². The van der Waals surface area contributed by atoms with Crippen LogP contribution < -0.4 is 16.4 Å². The van der Waals surface area contributed by atoms with E-state index < -0.39 is 12.1 Å². The number of benzene rings is 2. The molecule has 0 spiro atoms. The van der Waals surface area contributed by atoms with E-state index in [1.165, 1.54) is 5.56 Å². The third-order valence-electron chi connectivity index (χ3n) is 5.64. The Morgan fingerprint density at radius 3 is 2.52 bits per heavy atom. The monoisotopic (exact) mass is 395 g/mol. The number of phenols is 1. The number of carbonyl (C=O) groups is 2. The molecule has 3 atom stereocenters. The number of aromatic hydroxyl groups is 1. The highest BCUT2D eigenvalue weighted by atomic mass is 16.3. The molecule has 0 saturated heterocycles. The number of nitrogens with one attached hydrogen (secondary N) is 2. The predicted molar refractivity (Wildman–Crippen MR) is 113 cm³/mol. The first kappa shape index (κ1) is 20.9. The molecule has 3 rings (SSSR count). The van der Waals surface area contributed by atoms with Gasteiger partial charge in [0.05, 0.1) is 12.1 Å². The van der Waals surface area contributed by atoms with Crippen LogP contribution in [0.2, 0.25) is 0 Å². The van der Waals surface area contributed by atoms with Gasteiger partial charge in [0.15, 0.2) is 0 Å². The Labute approximate surface area is 171 Å². The summed E-state index contributed by atoms with van der Waals surface area (Å²) in [5.41, 5.74) is 11.2. The van der Waals surface area contributed by atoms with Crippen LogP contribution in [0.3, 0.4) is 0 Å². The van der Waals surface area contributed by atoms with Gasteiger partial charge in [-0.25, -0.2) is 0 Å². The van der Waals surface area contributed by atoms with Gasteiger partial charge in [-0.3, -0.25) is 9.59 Å². The molecule has 29 heavy (non-hydrogen) atoms. The second-order valence-electron chi connectivity index (χ2n) is 7.90. The molecule has 0 saturated carbocycles. The van der Waals surface area contributed by atoms with Crippen LogP contribution in [0.25, 0.3) is 0 Å². The molecular weight excluding hydrogens is 366 g/mol. The molecule has 5 N–H and O–H groups in total. The molecule has 2 aromatic rings. The van der Waals surface area contributed by atoms with Crippen molar-refractivity contribution in [2.24, 2.45) is 5.73 Å². The number of hydrogen-bond acceptors (Lipinski definition) is 4. The molecule has 0 bridgehead atoms. The molecule has 2 aromatic carbocycles. The maximum atomic E-state index is 12.6. The standard InChI is InChI=1S/C23H29N3O3/c1-13-10-17(27)11-14(2)19(13)12-20(24)23(29)25-15(3)22(28)26-21-9-8-16-6-4-5-7-18(16)21/h4-7,10-11,15,20-21,27H,8-9,12,24H2,1-3H3,(H,25,29)(H,26,28)/t15-,20+,21?/m1/s1. The number of nitrogens with two attached hydrogens (primary N) is 1. The van der Waals surface area contributed by atoms with Crippen molar-refractivity contribution >= 4 is 11.8 Å². The van der Waals surface area contributed by atoms with Crippen LogP contribution in [0.4, 0.5) is 0 Å². The summed E-state index contributed by atoms with van der Waals surface area (Å²) < 4.78 is 0. The van der Waals surface area contributed by atoms with Crippen LogP contribution in [-0.2, 0) is 22.4 Å². The van der Waals surface area contributed by atoms with Crippen LogP contribution in [0.5, 0.6) is 5.75 Å². The lowest BCUT2D eigenvalue weighted by molar-refractivity contribution is -0.129. The molecule has 0 aliphatic heterocycles. The molecule has 154 valence electrons. The van der Waals surface area contributed by atoms with Crippen molar-refractivity contribution in [3.8, 4) is 5.75 Å². The largest absolute Gasteiger partial charge is 0.508 e. The van der Waals surface area contributed by atoms with Crippen molar-refractivity contribution in [1.82, 2.24) is 10.6 Å². The van der Waals surface area contributed by atoms with Crippen LogP contribution in [-0.4, -0.2) is 29.0 Å². The second-order valence-corrected chi connectivity index (χ2v) is 7.90. The summed E-state index contributed by atoms with van der Waals surface area (Å²) >= 11 is 0. The van der Waals surface area contributed by atoms with Gasteiger partial charge in [-0.1, -0.05) is 24.3 Å². The summed E-state index contributed by atoms with van der Waals surface area (Å²) in [7, 11) is 0. The zero-order valence-corrected chi connectivity index (χ0v) is 17.2. The number of carbonyl (C=O) groups excluding carboxylic acids is 2. The summed E-state index contributed by atoms with van der Waals surface area (Å²) in [5, 5.41) is 15.4. The third kappa shape index (κ3) is 4.77. The Morgan fingerprint density at radius 1 is 1.17 bits per heavy atom. The zero-order valence-electron chi connectivity index (χ0n) is 17.2. The van der Waals surface area contributed by atoms with Gasteiger partial charge in [0.25, 0.3) is 0 Å². The molecule has 0 radical (unpaired) electrons. The smallest absolute Gasteiger partial charge is 0.242 e. The van der Waals surface area contributed by atoms with Crippen LogP contribution in [0.15, 0.2) is 36.4 Å². The van der Waals surface area contributed by atoms with Crippen LogP contribution in [0, 0.1) is 13.8 Å². The second kappa shape index (κ2) is 8.66. The van der Waals surface area contributed by atoms with Gasteiger partial charge in [0.2, 0.25) is 11.8 Å². The summed E-state index contributed by atoms with van der Waals surface area (Å²) in [4.78, 5) is 25.1. The minimum atomic E-state index is -0.778. The molecule has 1 unspecified atom stereocenters. The van der Waals surface area contributed by atoms with Crippen LogP contribution >= 0.6 is 0 Å². The lowest BCUT2D eigenvalue weighted by atomic mass is 9.96. The highest BCUT2D eigenvalue weighted by molar-refractivity contribution is 5.89. The van der Waals surface area contributed by atoms with Crippen molar-refractivity contribution in [2.45, 2.75) is 58.2 Å². The Balaban J connectivity index is 1.57. The maximum Gasteiger partial charge on any atom is 0.242 e. The van der Waals surface area contributed by atoms with Crippen molar-refractivity contribution < 1.29 is 14.7 Å². The summed E-state index contributed by atoms with van der Waals surface area (Å²) in [6.07, 6.45) is 2.15. The maximum absolute atomic E-state index is 12.6. The summed E-state index contributed by atoms with van der Waals surface area (Å²) in [6.45, 7) is 5.42. The zero-order chi connectivity index (χ0) is 21.1. The average Bonchev–Trinajstić information content (AvgIpc) is 3.07. The van der Waals surface area contributed by atoms with Crippen molar-refractivity contribution in [2.75, 3.05) is 0 Å². The fourth-order valence-corrected chi connectivity index (χ4v) is 3.99. The van der Waals surface area contributed by atoms with Gasteiger partial charge in [0.1, 0.15) is 11.8 Å². The number of aryl methyl sites for hydroxylation is 3. The normalized spacial score (nSPS) is 17.3. The third-order valence-corrected chi connectivity index (χ3v) is 5.64. The van der Waals surface area contributed by atoms with Crippen LogP contribution in [0.1, 0.15) is 47.2 Å². The first-order valence-electron chi connectivity index (χ1n) is 9.99. The topological polar surface area (TPSA) is 104 Å². The lowest BCUT2D eigenvalue weighted by Crippen LogP contribution is -2.51. The molecule has 1 aliphatic carbocycles. The number of rotatable bonds is 6. The summed E-state index contributed by atoms with van der Waals surface area (Å²) in [5.74, 6) is -0.392. The van der Waals surface area contributed by atoms with Gasteiger partial charge in [-0.2, -0.15) is 0 Å². The lowest BCUT2D eigenvalue weighted by Gasteiger charge is -2.21. The molecular formula is C23H29N3O3. The Hall–Kier alpha value is -2.86. The predicted octanol–water partition coefficient (Wildman–Crippen LogP) is 2.19. The van der Waals surface area contributed by atoms with Gasteiger partial charge < -0.3 is 21.5 Å². The van der Waals surface area contributed by atoms with E-state index in [1.54, 1.807) is 19.1 Å². The van der Waals surface area contributed by atoms with Crippen molar-refractivity contribution in [1.29, 1.82) is 0 Å². The summed E-state index contributed by atoms with van der Waals surface area (Å²) in [6, 6.07) is 9.93. The molecule has 6 nitrogen and oxygen atoms in total. The van der Waals surface area contributed by atoms with E-state index in [2.05, 4.69) is 16.7 Å². The van der Waals surface area contributed by atoms with Gasteiger partial charge >= 0.3 is 0 Å². The van der Waals surface area contributed by atoms with E-state index >= 15 is 0 Å². The first-order valence-corrected chi connectivity index (χ1v) is 9.99. The van der Waals surface area contributed by atoms with Gasteiger partial charge in [-0.05, 0) is 80.0 Å². The average molecular weight is 396 g/mol. The fourth-order valence-electron chi connectivity index (χ4n) is 3.99. The van der Waals surface area contributed by atoms with E-state index in [4.69, 9.17) is 5.73 Å². The number of phenolic OH excluding ortho intramolecular Hbond substituents is 1. The fraction of sp³-hybridized carbons (Fsp3) is 0.391. The SMILES string of the molecule is Cc1cc(O)cc(C)c1C[C@H](N)C(=O)N[C@H](C)C(=O)NC1CCc2ccccc21. The van der Waals surface area contributed by atoms with Crippen molar-refractivity contribution in [3.05, 3.63) is 64.2 Å². The molecule has 6 heteroatoms. The Kier molecular flexibility index (Phi) is 6.23. The van der Waals surface area contributed by atoms with Crippen molar-refractivity contribution in [3.63, 3.8) is 0 Å². The molecule has 2 amide bonds. The first-order chi connectivity index (χ1) is 13.8. The minimum absolute atomic E-state index is 0.0194. The molecule has 0 aromatic heterocycles. The molecule has 0 heterocycles. The quantitative estimate of drug-likeness (QED) is 0.602. The highest BCUT2D eigenvalue weighted by Crippen LogP contribution is 2.30. The minimum Gasteiger partial charge on any atom is -0.508 e. The molecule has 1 aliphatic rings. The number of amides is 2. The molecule has 0 fully saturated rings.